The monoisotopic (exact) mass is 937 g/mol. The summed E-state index contributed by atoms with van der Waals surface area (Å²) in [5, 5.41) is 38.1. The first-order valence-electron chi connectivity index (χ1n) is 27.8. The van der Waals surface area contributed by atoms with Crippen LogP contribution in [0.4, 0.5) is 0 Å². The van der Waals surface area contributed by atoms with Crippen molar-refractivity contribution in [3.05, 3.63) is 0 Å². The van der Waals surface area contributed by atoms with E-state index in [4.69, 9.17) is 9.90 Å². The molecular weight excluding hydrogens is 828 g/mol. The first kappa shape index (κ1) is 72.4. The maximum Gasteiger partial charge on any atom is 3.00 e. The first-order chi connectivity index (χ1) is 31.0. The Hall–Kier alpha value is -1.59. The molecule has 8 nitrogen and oxygen atoms in total. The molecule has 0 radical (unpaired) electrons. The molecule has 0 fully saturated rings. The minimum Gasteiger partial charge on any atom is -0.550 e. The summed E-state index contributed by atoms with van der Waals surface area (Å²) in [5.74, 6) is -3.54. The van der Waals surface area contributed by atoms with Crippen molar-refractivity contribution in [1.29, 1.82) is 0 Å². The van der Waals surface area contributed by atoms with Gasteiger partial charge in [0.05, 0.1) is 0 Å². The number of carboxylic acids is 4. The summed E-state index contributed by atoms with van der Waals surface area (Å²) in [5.41, 5.74) is 0. The summed E-state index contributed by atoms with van der Waals surface area (Å²) in [6.07, 6.45) is 59.6. The fraction of sp³-hybridized carbons (Fsp3) is 0.929. The van der Waals surface area contributed by atoms with Crippen molar-refractivity contribution in [2.24, 2.45) is 0 Å². The van der Waals surface area contributed by atoms with Crippen LogP contribution >= 0.6 is 0 Å². The molecule has 1 N–H and O–H groups in total. The fourth-order valence-corrected chi connectivity index (χ4v) is 7.92. The Morgan fingerprint density at radius 3 is 0.446 bits per heavy atom. The van der Waals surface area contributed by atoms with E-state index in [1.807, 2.05) is 0 Å². The minimum atomic E-state index is -0.903. The van der Waals surface area contributed by atoms with E-state index in [1.54, 1.807) is 0 Å². The molecule has 384 valence electrons. The molecule has 0 aromatic carbocycles. The summed E-state index contributed by atoms with van der Waals surface area (Å²) >= 11 is 0. The molecule has 0 bridgehead atoms. The van der Waals surface area contributed by atoms with Crippen LogP contribution in [-0.2, 0) is 19.2 Å². The number of hydrogen-bond donors (Lipinski definition) is 1. The van der Waals surface area contributed by atoms with Gasteiger partial charge in [0.25, 0.3) is 5.97 Å². The number of unbranched alkanes of at least 4 members (excludes halogenated alkanes) is 42. The number of carbonyl (C=O) groups excluding carboxylic acids is 3. The zero-order valence-corrected chi connectivity index (χ0v) is 45.0. The van der Waals surface area contributed by atoms with Gasteiger partial charge in [0.1, 0.15) is 0 Å². The van der Waals surface area contributed by atoms with Crippen molar-refractivity contribution >= 4 is 41.2 Å². The van der Waals surface area contributed by atoms with Gasteiger partial charge in [-0.05, 0) is 38.5 Å². The Bertz CT molecular complexity index is 806. The minimum absolute atomic E-state index is 0. The van der Waals surface area contributed by atoms with Crippen molar-refractivity contribution in [2.75, 3.05) is 0 Å². The second-order valence-electron chi connectivity index (χ2n) is 18.7. The van der Waals surface area contributed by atoms with Crippen molar-refractivity contribution < 1.29 is 39.6 Å². The van der Waals surface area contributed by atoms with E-state index in [0.29, 0.717) is 0 Å². The summed E-state index contributed by atoms with van der Waals surface area (Å²) < 4.78 is 0. The van der Waals surface area contributed by atoms with Gasteiger partial charge in [0.2, 0.25) is 0 Å². The van der Waals surface area contributed by atoms with Crippen LogP contribution in [0.3, 0.4) is 0 Å². The summed E-state index contributed by atoms with van der Waals surface area (Å²) in [6, 6.07) is 0. The zero-order chi connectivity index (χ0) is 48.3. The predicted octanol–water partition coefficient (Wildman–Crippen LogP) is 14.7. The molecule has 0 saturated heterocycles. The quantitative estimate of drug-likeness (QED) is 0.0466. The van der Waals surface area contributed by atoms with E-state index < -0.39 is 23.9 Å². The second-order valence-corrected chi connectivity index (χ2v) is 18.7. The van der Waals surface area contributed by atoms with Gasteiger partial charge >= 0.3 is 17.4 Å². The van der Waals surface area contributed by atoms with Gasteiger partial charge in [-0.3, -0.25) is 4.79 Å². The third-order valence-electron chi connectivity index (χ3n) is 12.0. The molecule has 65 heavy (non-hydrogen) atoms. The van der Waals surface area contributed by atoms with Crippen LogP contribution in [-0.4, -0.2) is 46.3 Å². The van der Waals surface area contributed by atoms with Crippen LogP contribution < -0.4 is 15.3 Å². The van der Waals surface area contributed by atoms with E-state index >= 15 is 0 Å². The average molecular weight is 937 g/mol. The van der Waals surface area contributed by atoms with Crippen molar-refractivity contribution in [1.82, 2.24) is 0 Å². The molecule has 0 rings (SSSR count). The van der Waals surface area contributed by atoms with Crippen molar-refractivity contribution in [3.8, 4) is 0 Å². The van der Waals surface area contributed by atoms with Crippen LogP contribution in [0.2, 0.25) is 0 Å². The van der Waals surface area contributed by atoms with E-state index in [2.05, 4.69) is 20.8 Å². The Morgan fingerprint density at radius 1 is 0.262 bits per heavy atom. The summed E-state index contributed by atoms with van der Waals surface area (Å²) in [7, 11) is 0. The number of aliphatic carboxylic acids is 4. The molecule has 0 aliphatic heterocycles. The summed E-state index contributed by atoms with van der Waals surface area (Å²) in [4.78, 5) is 39.7. The van der Waals surface area contributed by atoms with Gasteiger partial charge in [-0.1, -0.05) is 290 Å². The van der Waals surface area contributed by atoms with Gasteiger partial charge < -0.3 is 34.8 Å². The van der Waals surface area contributed by atoms with Gasteiger partial charge in [0.15, 0.2) is 0 Å². The molecule has 0 saturated carbocycles. The second kappa shape index (κ2) is 69.0. The Balaban J connectivity index is -0.000000263. The predicted molar refractivity (Wildman–Crippen MR) is 273 cm³/mol. The smallest absolute Gasteiger partial charge is 0.550 e. The molecule has 0 amide bonds. The molecule has 0 unspecified atom stereocenters. The molecule has 0 aliphatic carbocycles. The average Bonchev–Trinajstić information content (AvgIpc) is 3.25. The van der Waals surface area contributed by atoms with Gasteiger partial charge in [-0.2, -0.15) is 0 Å². The normalized spacial score (nSPS) is 10.4. The third kappa shape index (κ3) is 93.3. The maximum absolute atomic E-state index is 10.2. The van der Waals surface area contributed by atoms with Crippen LogP contribution in [0.15, 0.2) is 0 Å². The van der Waals surface area contributed by atoms with Crippen molar-refractivity contribution in [2.45, 2.75) is 336 Å². The van der Waals surface area contributed by atoms with Crippen LogP contribution in [0.1, 0.15) is 336 Å². The first-order valence-corrected chi connectivity index (χ1v) is 27.8. The largest absolute Gasteiger partial charge is 3.00 e. The van der Waals surface area contributed by atoms with E-state index in [-0.39, 0.29) is 36.6 Å². The van der Waals surface area contributed by atoms with Crippen LogP contribution in [0.25, 0.3) is 0 Å². The molecule has 0 atom stereocenters. The molecule has 0 heterocycles. The zero-order valence-electron chi connectivity index (χ0n) is 43.8. The topological polar surface area (TPSA) is 158 Å². The van der Waals surface area contributed by atoms with E-state index in [0.717, 1.165) is 45.4 Å². The van der Waals surface area contributed by atoms with Crippen LogP contribution in [0, 0.1) is 0 Å². The molecule has 0 aromatic heterocycles. The number of hydrogen-bond acceptors (Lipinski definition) is 7. The molecule has 9 heteroatoms. The maximum atomic E-state index is 10.2. The Labute approximate surface area is 415 Å². The van der Waals surface area contributed by atoms with Crippen molar-refractivity contribution in [3.63, 3.8) is 0 Å². The van der Waals surface area contributed by atoms with Gasteiger partial charge in [-0.25, -0.2) is 0 Å². The van der Waals surface area contributed by atoms with E-state index in [9.17, 15) is 29.7 Å². The van der Waals surface area contributed by atoms with Crippen LogP contribution in [0.5, 0.6) is 0 Å². The Morgan fingerprint density at radius 2 is 0.354 bits per heavy atom. The number of carbonyl (C=O) groups is 4. The van der Waals surface area contributed by atoms with Gasteiger partial charge in [0, 0.05) is 24.8 Å². The number of carboxylic acid groups (broad SMARTS) is 4. The van der Waals surface area contributed by atoms with E-state index in [1.165, 1.54) is 250 Å². The molecule has 0 aliphatic rings. The molecule has 0 spiro atoms. The number of rotatable bonds is 48. The standard InChI is InChI=1S/3C18H36O2.C2H4O2.Al/c3*1-2-3-4-5-6-7-8-9-10-11-12-13-14-15-16-17-18(19)20;1-2(3)4;/h3*2-17H2,1H3,(H,19,20);1H3,(H,3,4);/q;;;;+3/p-3. The molecule has 0 aromatic rings. The Kier molecular flexibility index (Phi) is 76.8. The fourth-order valence-electron chi connectivity index (χ4n) is 7.92. The molecular formula is C56H109AlO8. The SMILES string of the molecule is CC(=O)O.CCCCCCCCCCCCCCCCCC(=O)[O-].CCCCCCCCCCCCCCCCCC(=O)[O-].CCCCCCCCCCCCCCCCCC(=O)[O-].[Al+3]. The van der Waals surface area contributed by atoms with Gasteiger partial charge in [-0.15, -0.1) is 0 Å². The summed E-state index contributed by atoms with van der Waals surface area (Å²) in [6.45, 7) is 7.89. The third-order valence-corrected chi connectivity index (χ3v) is 12.0.